The van der Waals surface area contributed by atoms with Gasteiger partial charge in [0.2, 0.25) is 0 Å². The molecule has 2 aromatic heterocycles. The highest BCUT2D eigenvalue weighted by molar-refractivity contribution is 6.30. The van der Waals surface area contributed by atoms with E-state index in [4.69, 9.17) is 28.2 Å². The average Bonchev–Trinajstić information content (AvgIpc) is 2.64. The lowest BCUT2D eigenvalue weighted by atomic mass is 10.1. The van der Waals surface area contributed by atoms with E-state index in [1.165, 1.54) is 11.1 Å². The third-order valence-corrected chi connectivity index (χ3v) is 5.13. The maximum atomic E-state index is 5.96. The van der Waals surface area contributed by atoms with Crippen LogP contribution in [0.4, 0.5) is 0 Å². The van der Waals surface area contributed by atoms with Gasteiger partial charge in [0.1, 0.15) is 5.15 Å². The summed E-state index contributed by atoms with van der Waals surface area (Å²) in [4.78, 5) is 16.1. The van der Waals surface area contributed by atoms with E-state index in [2.05, 4.69) is 20.9 Å². The maximum Gasteiger partial charge on any atom is 0.159 e. The fraction of sp³-hybridized carbons (Fsp3) is 0.250. The van der Waals surface area contributed by atoms with Crippen LogP contribution in [0.25, 0.3) is 11.4 Å². The van der Waals surface area contributed by atoms with Gasteiger partial charge in [-0.25, -0.2) is 15.0 Å². The van der Waals surface area contributed by atoms with Crippen LogP contribution in [-0.2, 0) is 19.5 Å². The molecule has 1 aliphatic heterocycles. The highest BCUT2D eigenvalue weighted by atomic mass is 35.5. The highest BCUT2D eigenvalue weighted by Crippen LogP contribution is 2.23. The lowest BCUT2D eigenvalue weighted by molar-refractivity contribution is 0.242. The summed E-state index contributed by atoms with van der Waals surface area (Å²) in [7, 11) is 0. The first kappa shape index (κ1) is 17.4. The van der Waals surface area contributed by atoms with Crippen molar-refractivity contribution in [1.82, 2.24) is 19.9 Å². The third kappa shape index (κ3) is 3.73. The number of rotatable bonds is 3. The SMILES string of the molecule is Cc1nc(Cl)ccc1CN1CCc2nc(-c3ccc(Cl)cc3)ncc2C1. The molecule has 1 aliphatic rings. The highest BCUT2D eigenvalue weighted by Gasteiger charge is 2.19. The minimum Gasteiger partial charge on any atom is -0.294 e. The van der Waals surface area contributed by atoms with Crippen molar-refractivity contribution >= 4 is 23.2 Å². The second-order valence-corrected chi connectivity index (χ2v) is 7.34. The van der Waals surface area contributed by atoms with Gasteiger partial charge in [-0.05, 0) is 42.8 Å². The second-order valence-electron chi connectivity index (χ2n) is 6.51. The molecular weight excluding hydrogens is 367 g/mol. The Morgan fingerprint density at radius 3 is 2.62 bits per heavy atom. The Morgan fingerprint density at radius 1 is 1.04 bits per heavy atom. The molecule has 1 aromatic carbocycles. The predicted molar refractivity (Wildman–Crippen MR) is 104 cm³/mol. The van der Waals surface area contributed by atoms with Crippen LogP contribution in [-0.4, -0.2) is 26.4 Å². The Labute approximate surface area is 162 Å². The van der Waals surface area contributed by atoms with Gasteiger partial charge < -0.3 is 0 Å². The first-order valence-corrected chi connectivity index (χ1v) is 9.29. The predicted octanol–water partition coefficient (Wildman–Crippen LogP) is 4.71. The van der Waals surface area contributed by atoms with Gasteiger partial charge in [-0.3, -0.25) is 4.90 Å². The van der Waals surface area contributed by atoms with E-state index in [9.17, 15) is 0 Å². The molecule has 0 fully saturated rings. The van der Waals surface area contributed by atoms with E-state index in [0.29, 0.717) is 10.2 Å². The van der Waals surface area contributed by atoms with Crippen molar-refractivity contribution in [2.75, 3.05) is 6.54 Å². The van der Waals surface area contributed by atoms with Crippen LogP contribution in [0, 0.1) is 6.92 Å². The van der Waals surface area contributed by atoms with Gasteiger partial charge in [0.15, 0.2) is 5.82 Å². The molecule has 0 radical (unpaired) electrons. The number of pyridine rings is 1. The Bertz CT molecular complexity index is 941. The number of halogens is 2. The summed E-state index contributed by atoms with van der Waals surface area (Å²) in [6, 6.07) is 11.5. The van der Waals surface area contributed by atoms with Crippen LogP contribution in [0.2, 0.25) is 10.2 Å². The molecule has 0 atom stereocenters. The van der Waals surface area contributed by atoms with Crippen LogP contribution in [0.1, 0.15) is 22.5 Å². The fourth-order valence-electron chi connectivity index (χ4n) is 3.21. The van der Waals surface area contributed by atoms with E-state index in [1.54, 1.807) is 0 Å². The zero-order valence-corrected chi connectivity index (χ0v) is 15.9. The topological polar surface area (TPSA) is 41.9 Å². The molecule has 4 rings (SSSR count). The van der Waals surface area contributed by atoms with Crippen LogP contribution in [0.3, 0.4) is 0 Å². The van der Waals surface area contributed by atoms with Crippen LogP contribution in [0.15, 0.2) is 42.6 Å². The lowest BCUT2D eigenvalue weighted by Crippen LogP contribution is -2.31. The Balaban J connectivity index is 1.51. The van der Waals surface area contributed by atoms with Gasteiger partial charge in [0.25, 0.3) is 0 Å². The summed E-state index contributed by atoms with van der Waals surface area (Å²) in [5, 5.41) is 1.26. The molecule has 3 aromatic rings. The van der Waals surface area contributed by atoms with Crippen molar-refractivity contribution in [2.45, 2.75) is 26.4 Å². The maximum absolute atomic E-state index is 5.96. The number of hydrogen-bond acceptors (Lipinski definition) is 4. The first-order valence-electron chi connectivity index (χ1n) is 8.53. The molecule has 0 bridgehead atoms. The number of aryl methyl sites for hydroxylation is 1. The summed E-state index contributed by atoms with van der Waals surface area (Å²) in [5.74, 6) is 0.756. The molecule has 6 heteroatoms. The van der Waals surface area contributed by atoms with Crippen molar-refractivity contribution in [3.8, 4) is 11.4 Å². The number of nitrogens with zero attached hydrogens (tertiary/aromatic N) is 4. The second kappa shape index (κ2) is 7.31. The van der Waals surface area contributed by atoms with Gasteiger partial charge in [-0.15, -0.1) is 0 Å². The molecule has 26 heavy (non-hydrogen) atoms. The zero-order valence-electron chi connectivity index (χ0n) is 14.4. The largest absolute Gasteiger partial charge is 0.294 e. The Hall–Kier alpha value is -2.01. The number of aromatic nitrogens is 3. The number of benzene rings is 1. The number of fused-ring (bicyclic) bond motifs is 1. The first-order chi connectivity index (χ1) is 12.6. The van der Waals surface area contributed by atoms with Crippen LogP contribution < -0.4 is 0 Å². The smallest absolute Gasteiger partial charge is 0.159 e. The normalized spacial score (nSPS) is 14.3. The summed E-state index contributed by atoms with van der Waals surface area (Å²) < 4.78 is 0. The summed E-state index contributed by atoms with van der Waals surface area (Å²) >= 11 is 11.9. The molecule has 132 valence electrons. The zero-order chi connectivity index (χ0) is 18.1. The van der Waals surface area contributed by atoms with Crippen molar-refractivity contribution < 1.29 is 0 Å². The average molecular weight is 385 g/mol. The van der Waals surface area contributed by atoms with Crippen molar-refractivity contribution in [3.05, 3.63) is 75.3 Å². The van der Waals surface area contributed by atoms with Crippen molar-refractivity contribution in [1.29, 1.82) is 0 Å². The van der Waals surface area contributed by atoms with E-state index in [0.717, 1.165) is 48.8 Å². The minimum absolute atomic E-state index is 0.540. The molecule has 0 aliphatic carbocycles. The third-order valence-electron chi connectivity index (χ3n) is 4.67. The molecule has 0 saturated carbocycles. The lowest BCUT2D eigenvalue weighted by Gasteiger charge is -2.28. The molecule has 3 heterocycles. The van der Waals surface area contributed by atoms with Gasteiger partial charge in [0.05, 0.1) is 5.69 Å². The van der Waals surface area contributed by atoms with E-state index in [1.807, 2.05) is 43.5 Å². The standard InChI is InChI=1S/C20H18Cl2N4/c1-13-15(4-7-19(22)24-13)11-26-9-8-18-16(12-26)10-23-20(25-18)14-2-5-17(21)6-3-14/h2-7,10H,8-9,11-12H2,1H3. The monoisotopic (exact) mass is 384 g/mol. The molecule has 0 spiro atoms. The quantitative estimate of drug-likeness (QED) is 0.613. The minimum atomic E-state index is 0.540. The van der Waals surface area contributed by atoms with Gasteiger partial charge in [0, 0.05) is 54.1 Å². The molecular formula is C20H18Cl2N4. The molecule has 0 unspecified atom stereocenters. The summed E-state index contributed by atoms with van der Waals surface area (Å²) in [5.41, 5.74) is 5.50. The Kier molecular flexibility index (Phi) is 4.90. The molecule has 0 amide bonds. The Morgan fingerprint density at radius 2 is 1.85 bits per heavy atom. The molecule has 0 saturated heterocycles. The van der Waals surface area contributed by atoms with E-state index < -0.39 is 0 Å². The molecule has 0 N–H and O–H groups in total. The van der Waals surface area contributed by atoms with E-state index in [-0.39, 0.29) is 0 Å². The summed E-state index contributed by atoms with van der Waals surface area (Å²) in [6.07, 6.45) is 2.86. The van der Waals surface area contributed by atoms with Gasteiger partial charge in [-0.1, -0.05) is 29.3 Å². The van der Waals surface area contributed by atoms with Gasteiger partial charge >= 0.3 is 0 Å². The van der Waals surface area contributed by atoms with Crippen LogP contribution in [0.5, 0.6) is 0 Å². The van der Waals surface area contributed by atoms with Crippen molar-refractivity contribution in [2.24, 2.45) is 0 Å². The molecule has 4 nitrogen and oxygen atoms in total. The van der Waals surface area contributed by atoms with Crippen molar-refractivity contribution in [3.63, 3.8) is 0 Å². The van der Waals surface area contributed by atoms with E-state index >= 15 is 0 Å². The van der Waals surface area contributed by atoms with Gasteiger partial charge in [-0.2, -0.15) is 0 Å². The summed E-state index contributed by atoms with van der Waals surface area (Å²) in [6.45, 7) is 4.67. The number of hydrogen-bond donors (Lipinski definition) is 0. The fourth-order valence-corrected chi connectivity index (χ4v) is 3.53. The van der Waals surface area contributed by atoms with Crippen LogP contribution >= 0.6 is 23.2 Å².